The molecule has 2 aromatic carbocycles. The zero-order valence-electron chi connectivity index (χ0n) is 13.4. The topological polar surface area (TPSA) is 66.5 Å². The molecule has 0 radical (unpaired) electrons. The molecule has 2 aromatic rings. The smallest absolute Gasteiger partial charge is 0.261 e. The summed E-state index contributed by atoms with van der Waals surface area (Å²) in [5.41, 5.74) is 2.20. The van der Waals surface area contributed by atoms with Gasteiger partial charge in [0.1, 0.15) is 0 Å². The molecule has 0 aromatic heterocycles. The minimum Gasteiger partial charge on any atom is -0.352 e. The number of fused-ring (bicyclic) bond motifs is 1. The number of carbonyl (C=O) groups excluding carboxylic acids is 3. The van der Waals surface area contributed by atoms with Gasteiger partial charge in [-0.15, -0.1) is 0 Å². The van der Waals surface area contributed by atoms with Crippen LogP contribution in [0.1, 0.15) is 43.6 Å². The van der Waals surface area contributed by atoms with Crippen LogP contribution in [-0.4, -0.2) is 35.7 Å². The van der Waals surface area contributed by atoms with Crippen molar-refractivity contribution in [1.82, 2.24) is 10.2 Å². The molecule has 3 amide bonds. The number of rotatable bonds is 5. The van der Waals surface area contributed by atoms with E-state index in [9.17, 15) is 14.4 Å². The third-order valence-electron chi connectivity index (χ3n) is 4.09. The van der Waals surface area contributed by atoms with E-state index in [1.165, 1.54) is 11.0 Å². The van der Waals surface area contributed by atoms with Gasteiger partial charge < -0.3 is 5.32 Å². The summed E-state index contributed by atoms with van der Waals surface area (Å²) in [6.07, 6.45) is 0.735. The summed E-state index contributed by atoms with van der Waals surface area (Å²) in [5.74, 6) is -0.881. The van der Waals surface area contributed by atoms with Crippen LogP contribution in [0, 0.1) is 0 Å². The summed E-state index contributed by atoms with van der Waals surface area (Å²) in [6.45, 7) is 2.58. The van der Waals surface area contributed by atoms with Gasteiger partial charge in [0.25, 0.3) is 17.7 Å². The number of hydrogen-bond donors (Lipinski definition) is 1. The number of carbonyl (C=O) groups is 3. The van der Waals surface area contributed by atoms with Crippen molar-refractivity contribution in [1.29, 1.82) is 0 Å². The Morgan fingerprint density at radius 1 is 1.00 bits per heavy atom. The van der Waals surface area contributed by atoms with Crippen molar-refractivity contribution in [2.45, 2.75) is 13.3 Å². The van der Waals surface area contributed by atoms with E-state index in [2.05, 4.69) is 5.32 Å². The Morgan fingerprint density at radius 3 is 2.42 bits per heavy atom. The van der Waals surface area contributed by atoms with E-state index in [-0.39, 0.29) is 17.7 Å². The summed E-state index contributed by atoms with van der Waals surface area (Å²) in [4.78, 5) is 37.7. The summed E-state index contributed by atoms with van der Waals surface area (Å²) in [5, 5.41) is 2.84. The lowest BCUT2D eigenvalue weighted by Gasteiger charge is -2.08. The Balaban J connectivity index is 1.68. The maximum absolute atomic E-state index is 12.3. The van der Waals surface area contributed by atoms with Gasteiger partial charge in [-0.1, -0.05) is 30.3 Å². The van der Waals surface area contributed by atoms with Gasteiger partial charge >= 0.3 is 0 Å². The average Bonchev–Trinajstić information content (AvgIpc) is 2.85. The van der Waals surface area contributed by atoms with Crippen molar-refractivity contribution in [3.63, 3.8) is 0 Å². The van der Waals surface area contributed by atoms with Crippen LogP contribution in [0.3, 0.4) is 0 Å². The van der Waals surface area contributed by atoms with Crippen LogP contribution in [-0.2, 0) is 6.42 Å². The van der Waals surface area contributed by atoms with Crippen molar-refractivity contribution >= 4 is 17.7 Å². The van der Waals surface area contributed by atoms with E-state index >= 15 is 0 Å². The molecule has 1 aliphatic rings. The lowest BCUT2D eigenvalue weighted by Crippen LogP contribution is -2.29. The molecule has 0 saturated carbocycles. The molecular formula is C19H18N2O3. The third-order valence-corrected chi connectivity index (χ3v) is 4.09. The molecule has 1 heterocycles. The second-order valence-corrected chi connectivity index (χ2v) is 5.61. The summed E-state index contributed by atoms with van der Waals surface area (Å²) in [7, 11) is 0. The van der Waals surface area contributed by atoms with Gasteiger partial charge in [-0.2, -0.15) is 0 Å². The molecule has 3 rings (SSSR count). The highest BCUT2D eigenvalue weighted by atomic mass is 16.2. The molecule has 0 bridgehead atoms. The fourth-order valence-electron chi connectivity index (χ4n) is 2.79. The zero-order valence-corrected chi connectivity index (χ0v) is 13.4. The van der Waals surface area contributed by atoms with Gasteiger partial charge in [0.2, 0.25) is 0 Å². The van der Waals surface area contributed by atoms with Crippen LogP contribution >= 0.6 is 0 Å². The molecule has 1 N–H and O–H groups in total. The van der Waals surface area contributed by atoms with Gasteiger partial charge in [-0.3, -0.25) is 19.3 Å². The molecule has 5 nitrogen and oxygen atoms in total. The van der Waals surface area contributed by atoms with E-state index < -0.39 is 0 Å². The SMILES string of the molecule is CCN1C(=O)c2ccc(C(=O)NCCc3ccccc3)cc2C1=O. The number of imide groups is 1. The molecule has 122 valence electrons. The number of benzene rings is 2. The van der Waals surface area contributed by atoms with E-state index in [1.54, 1.807) is 19.1 Å². The van der Waals surface area contributed by atoms with Gasteiger partial charge in [-0.25, -0.2) is 0 Å². The van der Waals surface area contributed by atoms with Crippen LogP contribution in [0.4, 0.5) is 0 Å². The zero-order chi connectivity index (χ0) is 17.1. The Kier molecular flexibility index (Phi) is 4.42. The Labute approximate surface area is 140 Å². The first-order chi connectivity index (χ1) is 11.6. The molecule has 5 heteroatoms. The van der Waals surface area contributed by atoms with Gasteiger partial charge in [0.15, 0.2) is 0 Å². The van der Waals surface area contributed by atoms with Crippen LogP contribution in [0.2, 0.25) is 0 Å². The first kappa shape index (κ1) is 15.9. The molecule has 0 spiro atoms. The van der Waals surface area contributed by atoms with Crippen LogP contribution in [0.25, 0.3) is 0 Å². The lowest BCUT2D eigenvalue weighted by atomic mass is 10.1. The first-order valence-corrected chi connectivity index (χ1v) is 7.94. The summed E-state index contributed by atoms with van der Waals surface area (Å²) >= 11 is 0. The van der Waals surface area contributed by atoms with Crippen LogP contribution in [0.15, 0.2) is 48.5 Å². The van der Waals surface area contributed by atoms with E-state index in [1.807, 2.05) is 30.3 Å². The minimum absolute atomic E-state index is 0.246. The maximum atomic E-state index is 12.3. The maximum Gasteiger partial charge on any atom is 0.261 e. The monoisotopic (exact) mass is 322 g/mol. The lowest BCUT2D eigenvalue weighted by molar-refractivity contribution is 0.0662. The van der Waals surface area contributed by atoms with Gasteiger partial charge in [0.05, 0.1) is 11.1 Å². The molecule has 0 fully saturated rings. The van der Waals surface area contributed by atoms with Gasteiger partial charge in [-0.05, 0) is 37.1 Å². The third kappa shape index (κ3) is 2.93. The standard InChI is InChI=1S/C19H18N2O3/c1-2-21-18(23)15-9-8-14(12-16(15)19(21)24)17(22)20-11-10-13-6-4-3-5-7-13/h3-9,12H,2,10-11H2,1H3,(H,20,22). The van der Waals surface area contributed by atoms with Crippen molar-refractivity contribution < 1.29 is 14.4 Å². The Morgan fingerprint density at radius 2 is 1.71 bits per heavy atom. The highest BCUT2D eigenvalue weighted by Gasteiger charge is 2.34. The van der Waals surface area contributed by atoms with Crippen LogP contribution < -0.4 is 5.32 Å². The van der Waals surface area contributed by atoms with Crippen LogP contribution in [0.5, 0.6) is 0 Å². The molecule has 0 unspecified atom stereocenters. The molecule has 0 atom stereocenters. The normalized spacial score (nSPS) is 13.1. The predicted octanol–water partition coefficient (Wildman–Crippen LogP) is 2.28. The number of amides is 3. The molecule has 1 aliphatic heterocycles. The highest BCUT2D eigenvalue weighted by Crippen LogP contribution is 2.23. The molecule has 0 saturated heterocycles. The second-order valence-electron chi connectivity index (χ2n) is 5.61. The van der Waals surface area contributed by atoms with Crippen molar-refractivity contribution in [3.8, 4) is 0 Å². The minimum atomic E-state index is -0.337. The molecule has 0 aliphatic carbocycles. The fraction of sp³-hybridized carbons (Fsp3) is 0.211. The number of nitrogens with one attached hydrogen (secondary N) is 1. The Bertz CT molecular complexity index is 800. The van der Waals surface area contributed by atoms with E-state index in [0.29, 0.717) is 29.8 Å². The Hall–Kier alpha value is -2.95. The van der Waals surface area contributed by atoms with Crippen molar-refractivity contribution in [3.05, 3.63) is 70.8 Å². The predicted molar refractivity (Wildman–Crippen MR) is 90.0 cm³/mol. The second kappa shape index (κ2) is 6.66. The quantitative estimate of drug-likeness (QED) is 0.859. The van der Waals surface area contributed by atoms with E-state index in [0.717, 1.165) is 12.0 Å². The summed E-state index contributed by atoms with van der Waals surface area (Å²) < 4.78 is 0. The van der Waals surface area contributed by atoms with E-state index in [4.69, 9.17) is 0 Å². The number of nitrogens with zero attached hydrogens (tertiary/aromatic N) is 1. The summed E-state index contributed by atoms with van der Waals surface area (Å²) in [6, 6.07) is 14.5. The molecule has 24 heavy (non-hydrogen) atoms. The highest BCUT2D eigenvalue weighted by molar-refractivity contribution is 6.22. The molecular weight excluding hydrogens is 304 g/mol. The fourth-order valence-corrected chi connectivity index (χ4v) is 2.79. The average molecular weight is 322 g/mol. The van der Waals surface area contributed by atoms with Crippen molar-refractivity contribution in [2.75, 3.05) is 13.1 Å². The van der Waals surface area contributed by atoms with Gasteiger partial charge in [0, 0.05) is 18.7 Å². The van der Waals surface area contributed by atoms with Crippen molar-refractivity contribution in [2.24, 2.45) is 0 Å². The first-order valence-electron chi connectivity index (χ1n) is 7.94. The largest absolute Gasteiger partial charge is 0.352 e. The number of hydrogen-bond acceptors (Lipinski definition) is 3.